The van der Waals surface area contributed by atoms with E-state index in [1.54, 1.807) is 6.08 Å². The second-order valence-corrected chi connectivity index (χ2v) is 20.7. The summed E-state index contributed by atoms with van der Waals surface area (Å²) in [7, 11) is 0. The molecule has 0 aromatic heterocycles. The Kier molecular flexibility index (Phi) is 46.0. The number of hydrogen-bond donors (Lipinski definition) is 6. The van der Waals surface area contributed by atoms with Gasteiger partial charge in [-0.3, -0.25) is 9.59 Å². The molecule has 0 aliphatic carbocycles. The molecule has 0 bridgehead atoms. The maximum absolute atomic E-state index is 13.4. The summed E-state index contributed by atoms with van der Waals surface area (Å²) in [5, 5.41) is 56.8. The second kappa shape index (κ2) is 48.8. The van der Waals surface area contributed by atoms with Gasteiger partial charge < -0.3 is 45.1 Å². The van der Waals surface area contributed by atoms with Crippen LogP contribution < -0.4 is 5.32 Å². The molecule has 1 amide bonds. The van der Waals surface area contributed by atoms with Gasteiger partial charge in [-0.2, -0.15) is 0 Å². The Bertz CT molecular complexity index is 1290. The van der Waals surface area contributed by atoms with Gasteiger partial charge in [-0.05, 0) is 57.8 Å². The molecule has 0 aromatic rings. The van der Waals surface area contributed by atoms with E-state index in [9.17, 15) is 35.1 Å². The molecule has 0 radical (unpaired) electrons. The second-order valence-electron chi connectivity index (χ2n) is 20.7. The molecule has 0 spiro atoms. The zero-order chi connectivity index (χ0) is 51.8. The van der Waals surface area contributed by atoms with E-state index >= 15 is 0 Å². The number of allylic oxidation sites excluding steroid dienone is 5. The highest BCUT2D eigenvalue weighted by molar-refractivity contribution is 5.80. The first kappa shape index (κ1) is 66.9. The summed E-state index contributed by atoms with van der Waals surface area (Å²) in [5.41, 5.74) is 0. The van der Waals surface area contributed by atoms with Gasteiger partial charge in [0.2, 0.25) is 5.91 Å². The summed E-state index contributed by atoms with van der Waals surface area (Å²) in [4.78, 5) is 26.4. The molecule has 1 aliphatic heterocycles. The lowest BCUT2D eigenvalue weighted by molar-refractivity contribution is -0.305. The Hall–Kier alpha value is -2.12. The summed E-state index contributed by atoms with van der Waals surface area (Å²) in [5.74, 6) is -1.19. The SMILES string of the molecule is CCCCC/C=C\C/C=C\CCCCCCCCCCCCC(O)C(=O)NC(COC1OC(CO)C(O)C(O)C1OC(=O)CCCCCCCCCCCCC)C(O)/C=C/CCCCCCCCCCC. The van der Waals surface area contributed by atoms with Gasteiger partial charge >= 0.3 is 5.97 Å². The van der Waals surface area contributed by atoms with Crippen molar-refractivity contribution in [2.75, 3.05) is 13.2 Å². The number of carbonyl (C=O) groups excluding carboxylic acids is 2. The van der Waals surface area contributed by atoms with Gasteiger partial charge in [0.1, 0.15) is 24.4 Å². The first-order valence-corrected chi connectivity index (χ1v) is 29.8. The molecule has 1 heterocycles. The summed E-state index contributed by atoms with van der Waals surface area (Å²) in [6.45, 7) is 5.75. The van der Waals surface area contributed by atoms with Crippen LogP contribution in [-0.4, -0.2) is 99.6 Å². The summed E-state index contributed by atoms with van der Waals surface area (Å²) < 4.78 is 17.6. The van der Waals surface area contributed by atoms with Gasteiger partial charge in [-0.1, -0.05) is 243 Å². The highest BCUT2D eigenvalue weighted by atomic mass is 16.7. The summed E-state index contributed by atoms with van der Waals surface area (Å²) in [6.07, 6.45) is 46.2. The predicted molar refractivity (Wildman–Crippen MR) is 292 cm³/mol. The predicted octanol–water partition coefficient (Wildman–Crippen LogP) is 13.5. The number of hydrogen-bond acceptors (Lipinski definition) is 10. The third kappa shape index (κ3) is 37.3. The number of amides is 1. The molecule has 0 aromatic carbocycles. The molecule has 11 nitrogen and oxygen atoms in total. The van der Waals surface area contributed by atoms with E-state index in [0.29, 0.717) is 19.3 Å². The number of carbonyl (C=O) groups is 2. The van der Waals surface area contributed by atoms with Crippen molar-refractivity contribution >= 4 is 11.9 Å². The van der Waals surface area contributed by atoms with E-state index < -0.39 is 67.4 Å². The van der Waals surface area contributed by atoms with Gasteiger partial charge in [0.15, 0.2) is 12.4 Å². The number of rotatable bonds is 50. The van der Waals surface area contributed by atoms with Crippen LogP contribution >= 0.6 is 0 Å². The van der Waals surface area contributed by atoms with Gasteiger partial charge in [-0.15, -0.1) is 0 Å². The first-order chi connectivity index (χ1) is 34.7. The molecule has 1 aliphatic rings. The lowest BCUT2D eigenvalue weighted by atomic mass is 9.99. The molecular weight excluding hydrogens is 895 g/mol. The van der Waals surface area contributed by atoms with E-state index in [1.165, 1.54) is 154 Å². The van der Waals surface area contributed by atoms with Gasteiger partial charge in [0.05, 0.1) is 25.4 Å². The minimum Gasteiger partial charge on any atom is -0.454 e. The van der Waals surface area contributed by atoms with Gasteiger partial charge in [0.25, 0.3) is 0 Å². The highest BCUT2D eigenvalue weighted by Gasteiger charge is 2.47. The Morgan fingerprint density at radius 3 is 1.46 bits per heavy atom. The molecule has 1 fully saturated rings. The topological polar surface area (TPSA) is 175 Å². The van der Waals surface area contributed by atoms with E-state index in [2.05, 4.69) is 50.4 Å². The molecule has 8 atom stereocenters. The van der Waals surface area contributed by atoms with Gasteiger partial charge in [0, 0.05) is 6.42 Å². The van der Waals surface area contributed by atoms with E-state index in [1.807, 2.05) is 6.08 Å². The Balaban J connectivity index is 2.66. The summed E-state index contributed by atoms with van der Waals surface area (Å²) in [6, 6.07) is -1.02. The maximum atomic E-state index is 13.4. The van der Waals surface area contributed by atoms with Crippen LogP contribution in [0.2, 0.25) is 0 Å². The summed E-state index contributed by atoms with van der Waals surface area (Å²) >= 11 is 0. The number of aliphatic hydroxyl groups excluding tert-OH is 5. The molecular formula is C60H111NO10. The molecule has 6 N–H and O–H groups in total. The van der Waals surface area contributed by atoms with Crippen molar-refractivity contribution < 1.29 is 49.3 Å². The first-order valence-electron chi connectivity index (χ1n) is 29.8. The number of esters is 1. The van der Waals surface area contributed by atoms with Crippen LogP contribution in [0, 0.1) is 0 Å². The monoisotopic (exact) mass is 1010 g/mol. The normalized spacial score (nSPS) is 19.8. The van der Waals surface area contributed by atoms with Crippen molar-refractivity contribution in [1.29, 1.82) is 0 Å². The van der Waals surface area contributed by atoms with Crippen molar-refractivity contribution in [1.82, 2.24) is 5.32 Å². The molecule has 1 rings (SSSR count). The van der Waals surface area contributed by atoms with Crippen LogP contribution in [0.3, 0.4) is 0 Å². The largest absolute Gasteiger partial charge is 0.454 e. The number of nitrogens with one attached hydrogen (secondary N) is 1. The van der Waals surface area contributed by atoms with Crippen LogP contribution in [0.1, 0.15) is 271 Å². The van der Waals surface area contributed by atoms with Crippen molar-refractivity contribution in [3.05, 3.63) is 36.5 Å². The fourth-order valence-electron chi connectivity index (χ4n) is 9.27. The number of ether oxygens (including phenoxy) is 3. The minimum absolute atomic E-state index is 0.127. The fourth-order valence-corrected chi connectivity index (χ4v) is 9.27. The van der Waals surface area contributed by atoms with Crippen molar-refractivity contribution in [2.45, 2.75) is 320 Å². The third-order valence-corrected chi connectivity index (χ3v) is 14.0. The molecule has 11 heteroatoms. The Morgan fingerprint density at radius 2 is 0.972 bits per heavy atom. The van der Waals surface area contributed by atoms with Gasteiger partial charge in [-0.25, -0.2) is 0 Å². The third-order valence-electron chi connectivity index (χ3n) is 14.0. The van der Waals surface area contributed by atoms with Crippen LogP contribution in [0.5, 0.6) is 0 Å². The van der Waals surface area contributed by atoms with E-state index in [-0.39, 0.29) is 13.0 Å². The number of aliphatic hydroxyl groups is 5. The zero-order valence-electron chi connectivity index (χ0n) is 45.9. The Labute approximate surface area is 434 Å². The lowest BCUT2D eigenvalue weighted by Crippen LogP contribution is -2.61. The molecule has 416 valence electrons. The van der Waals surface area contributed by atoms with Crippen molar-refractivity contribution in [2.24, 2.45) is 0 Å². The smallest absolute Gasteiger partial charge is 0.306 e. The minimum atomic E-state index is -1.61. The average molecular weight is 1010 g/mol. The molecule has 0 saturated carbocycles. The number of unbranched alkanes of at least 4 members (excludes halogenated alkanes) is 32. The van der Waals surface area contributed by atoms with Crippen LogP contribution in [0.25, 0.3) is 0 Å². The zero-order valence-corrected chi connectivity index (χ0v) is 45.9. The Morgan fingerprint density at radius 1 is 0.549 bits per heavy atom. The van der Waals surface area contributed by atoms with E-state index in [0.717, 1.165) is 70.6 Å². The van der Waals surface area contributed by atoms with Crippen molar-refractivity contribution in [3.8, 4) is 0 Å². The van der Waals surface area contributed by atoms with Crippen LogP contribution in [-0.2, 0) is 23.8 Å². The lowest BCUT2D eigenvalue weighted by Gasteiger charge is -2.41. The quantitative estimate of drug-likeness (QED) is 0.0195. The standard InChI is InChI=1S/C60H111NO10/c1-4-7-10-13-16-19-22-23-24-25-26-27-28-29-30-33-35-38-41-44-47-53(64)59(68)61-51(52(63)46-43-40-37-34-31-20-17-14-11-8-5-2)50-69-60-58(57(67)56(66)54(49-62)70-60)71-55(65)48-45-42-39-36-32-21-18-15-12-9-6-3/h16,19,23-24,43,46,51-54,56-58,60,62-64,66-67H,4-15,17-18,20-22,25-42,44-45,47-50H2,1-3H3,(H,61,68)/b19-16-,24-23-,46-43+. The molecule has 71 heavy (non-hydrogen) atoms. The van der Waals surface area contributed by atoms with Crippen molar-refractivity contribution in [3.63, 3.8) is 0 Å². The van der Waals surface area contributed by atoms with E-state index in [4.69, 9.17) is 14.2 Å². The highest BCUT2D eigenvalue weighted by Crippen LogP contribution is 2.26. The van der Waals surface area contributed by atoms with Crippen LogP contribution in [0.15, 0.2) is 36.5 Å². The molecule has 8 unspecified atom stereocenters. The maximum Gasteiger partial charge on any atom is 0.306 e. The van der Waals surface area contributed by atoms with Crippen LogP contribution in [0.4, 0.5) is 0 Å². The fraction of sp³-hybridized carbons (Fsp3) is 0.867. The molecule has 1 saturated heterocycles. The average Bonchev–Trinajstić information content (AvgIpc) is 3.37.